The van der Waals surface area contributed by atoms with Crippen LogP contribution in [0.1, 0.15) is 59.9 Å². The molecule has 2 amide bonds. The number of allylic oxidation sites excluding steroid dienone is 1. The highest BCUT2D eigenvalue weighted by Crippen LogP contribution is 2.42. The van der Waals surface area contributed by atoms with E-state index >= 15 is 0 Å². The number of hydrogen-bond donors (Lipinski definition) is 3. The third-order valence-corrected chi connectivity index (χ3v) is 10.2. The predicted octanol–water partition coefficient (Wildman–Crippen LogP) is 10.2. The Balaban J connectivity index is 1.49. The van der Waals surface area contributed by atoms with Gasteiger partial charge in [0.2, 0.25) is 6.41 Å². The van der Waals surface area contributed by atoms with E-state index in [-0.39, 0.29) is 18.0 Å². The van der Waals surface area contributed by atoms with Gasteiger partial charge in [0.05, 0.1) is 23.1 Å². The van der Waals surface area contributed by atoms with Crippen LogP contribution in [0.3, 0.4) is 0 Å². The van der Waals surface area contributed by atoms with Crippen LogP contribution in [0.15, 0.2) is 104 Å². The van der Waals surface area contributed by atoms with Crippen molar-refractivity contribution in [1.29, 1.82) is 0 Å². The monoisotopic (exact) mass is 725 g/mol. The number of fused-ring (bicyclic) bond motifs is 1. The van der Waals surface area contributed by atoms with Gasteiger partial charge in [0.25, 0.3) is 5.91 Å². The Bertz CT molecular complexity index is 2070. The van der Waals surface area contributed by atoms with Crippen LogP contribution in [0.5, 0.6) is 0 Å². The molecule has 2 heterocycles. The molecule has 1 aliphatic heterocycles. The lowest BCUT2D eigenvalue weighted by Gasteiger charge is -2.34. The van der Waals surface area contributed by atoms with Crippen molar-refractivity contribution in [3.8, 4) is 0 Å². The van der Waals surface area contributed by atoms with Gasteiger partial charge in [0.15, 0.2) is 0 Å². The van der Waals surface area contributed by atoms with E-state index in [2.05, 4.69) is 32.0 Å². The summed E-state index contributed by atoms with van der Waals surface area (Å²) in [7, 11) is 0. The van der Waals surface area contributed by atoms with E-state index in [0.29, 0.717) is 32.0 Å². The molecule has 4 aromatic carbocycles. The summed E-state index contributed by atoms with van der Waals surface area (Å²) in [6, 6.07) is 28.8. The van der Waals surface area contributed by atoms with Gasteiger partial charge in [0, 0.05) is 50.7 Å². The molecule has 50 heavy (non-hydrogen) atoms. The highest BCUT2D eigenvalue weighted by Gasteiger charge is 2.30. The maximum absolute atomic E-state index is 14.6. The average Bonchev–Trinajstić information content (AvgIpc) is 3.49. The number of piperidine rings is 1. The van der Waals surface area contributed by atoms with E-state index in [1.807, 2.05) is 98.8 Å². The van der Waals surface area contributed by atoms with Gasteiger partial charge >= 0.3 is 0 Å². The number of aromatic nitrogens is 1. The standard InChI is InChI=1S/C40H38Cl3N5O2/c1-4-48(26(3)31-16-14-28(41)22-33(31)43)39(25(2)27-10-6-5-7-11-27)37-32-17-15-29(42)23-35(32)45-38(37)40(50)46-34-12-8-9-13-36(34)47-20-18-30(19-21-47)44-24-49/h4-17,22-24,26,30,45H,1,18-21H2,2-3H3,(H,44,49)(H,46,50)/b39-25+. The lowest BCUT2D eigenvalue weighted by Crippen LogP contribution is -2.42. The summed E-state index contributed by atoms with van der Waals surface area (Å²) in [5.41, 5.74) is 6.94. The Morgan fingerprint density at radius 3 is 2.34 bits per heavy atom. The number of anilines is 2. The van der Waals surface area contributed by atoms with Gasteiger partial charge in [-0.25, -0.2) is 0 Å². The van der Waals surface area contributed by atoms with Crippen LogP contribution in [-0.2, 0) is 4.79 Å². The predicted molar refractivity (Wildman–Crippen MR) is 208 cm³/mol. The number of H-pyrrole nitrogens is 1. The van der Waals surface area contributed by atoms with Crippen molar-refractivity contribution in [3.05, 3.63) is 141 Å². The summed E-state index contributed by atoms with van der Waals surface area (Å²) in [4.78, 5) is 33.3. The minimum Gasteiger partial charge on any atom is -0.370 e. The third-order valence-electron chi connectivity index (χ3n) is 9.36. The largest absolute Gasteiger partial charge is 0.370 e. The maximum Gasteiger partial charge on any atom is 0.272 e. The van der Waals surface area contributed by atoms with E-state index in [1.165, 1.54) is 0 Å². The number of carbonyl (C=O) groups excluding carboxylic acids is 2. The topological polar surface area (TPSA) is 80.5 Å². The molecule has 10 heteroatoms. The summed E-state index contributed by atoms with van der Waals surface area (Å²) >= 11 is 19.6. The fraction of sp³-hybridized carbons (Fsp3) is 0.200. The lowest BCUT2D eigenvalue weighted by atomic mass is 9.95. The Labute approximate surface area is 307 Å². The molecule has 0 bridgehead atoms. The first-order chi connectivity index (χ1) is 24.2. The molecule has 7 nitrogen and oxygen atoms in total. The van der Waals surface area contributed by atoms with Crippen LogP contribution < -0.4 is 15.5 Å². The van der Waals surface area contributed by atoms with Crippen LogP contribution in [0.25, 0.3) is 22.2 Å². The summed E-state index contributed by atoms with van der Waals surface area (Å²) in [6.45, 7) is 9.83. The third kappa shape index (κ3) is 7.26. The quantitative estimate of drug-likeness (QED) is 0.118. The van der Waals surface area contributed by atoms with Crippen molar-refractivity contribution >= 4 is 80.7 Å². The molecule has 1 fully saturated rings. The molecule has 0 aliphatic carbocycles. The number of hydrogen-bond acceptors (Lipinski definition) is 4. The summed E-state index contributed by atoms with van der Waals surface area (Å²) in [5.74, 6) is -0.308. The first-order valence-electron chi connectivity index (χ1n) is 16.5. The second-order valence-electron chi connectivity index (χ2n) is 12.4. The highest BCUT2D eigenvalue weighted by atomic mass is 35.5. The minimum atomic E-state index is -0.308. The lowest BCUT2D eigenvalue weighted by molar-refractivity contribution is -0.110. The number of rotatable bonds is 11. The van der Waals surface area contributed by atoms with E-state index < -0.39 is 0 Å². The molecule has 1 unspecified atom stereocenters. The first kappa shape index (κ1) is 35.1. The fourth-order valence-electron chi connectivity index (χ4n) is 6.78. The Kier molecular flexibility index (Phi) is 10.9. The van der Waals surface area contributed by atoms with Gasteiger partial charge in [0.1, 0.15) is 5.69 Å². The summed E-state index contributed by atoms with van der Waals surface area (Å²) in [5, 5.41) is 8.56. The fourth-order valence-corrected chi connectivity index (χ4v) is 7.52. The van der Waals surface area contributed by atoms with Gasteiger partial charge in [-0.2, -0.15) is 0 Å². The molecule has 1 saturated heterocycles. The van der Waals surface area contributed by atoms with Crippen molar-refractivity contribution in [2.45, 2.75) is 38.8 Å². The summed E-state index contributed by atoms with van der Waals surface area (Å²) < 4.78 is 0. The van der Waals surface area contributed by atoms with Gasteiger partial charge < -0.3 is 25.4 Å². The molecular formula is C40H38Cl3N5O2. The number of nitrogens with one attached hydrogen (secondary N) is 3. The number of benzene rings is 4. The van der Waals surface area contributed by atoms with Gasteiger partial charge in [-0.15, -0.1) is 0 Å². The SMILES string of the molecule is C=CN(/C(=C(\C)c1ccccc1)c1c(C(=O)Nc2ccccc2N2CCC(NC=O)CC2)[nH]c2cc(Cl)ccc12)C(C)c1ccc(Cl)cc1Cl. The van der Waals surface area contributed by atoms with Crippen molar-refractivity contribution in [2.24, 2.45) is 0 Å². The zero-order valence-corrected chi connectivity index (χ0v) is 30.1. The second-order valence-corrected chi connectivity index (χ2v) is 13.6. The maximum atomic E-state index is 14.6. The van der Waals surface area contributed by atoms with Crippen molar-refractivity contribution < 1.29 is 9.59 Å². The first-order valence-corrected chi connectivity index (χ1v) is 17.6. The van der Waals surface area contributed by atoms with Crippen molar-refractivity contribution in [2.75, 3.05) is 23.3 Å². The molecule has 5 aromatic rings. The number of carbonyl (C=O) groups is 2. The molecular weight excluding hydrogens is 689 g/mol. The molecule has 0 saturated carbocycles. The zero-order valence-electron chi connectivity index (χ0n) is 27.9. The van der Waals surface area contributed by atoms with Crippen molar-refractivity contribution in [1.82, 2.24) is 15.2 Å². The normalized spacial score (nSPS) is 14.5. The number of nitrogens with zero attached hydrogens (tertiary/aromatic N) is 2. The number of aromatic amines is 1. The average molecular weight is 727 g/mol. The van der Waals surface area contributed by atoms with E-state index in [1.54, 1.807) is 12.3 Å². The van der Waals surface area contributed by atoms with Crippen LogP contribution >= 0.6 is 34.8 Å². The highest BCUT2D eigenvalue weighted by molar-refractivity contribution is 6.35. The van der Waals surface area contributed by atoms with Crippen LogP contribution in [0, 0.1) is 0 Å². The van der Waals surface area contributed by atoms with Gasteiger partial charge in [-0.05, 0) is 86.0 Å². The molecule has 256 valence electrons. The molecule has 0 spiro atoms. The Morgan fingerprint density at radius 1 is 0.960 bits per heavy atom. The molecule has 1 aliphatic rings. The van der Waals surface area contributed by atoms with Crippen LogP contribution in [0.2, 0.25) is 15.1 Å². The van der Waals surface area contributed by atoms with Crippen LogP contribution in [0.4, 0.5) is 11.4 Å². The second kappa shape index (κ2) is 15.5. The molecule has 3 N–H and O–H groups in total. The Morgan fingerprint density at radius 2 is 1.64 bits per heavy atom. The Hall–Kier alpha value is -4.69. The number of halogens is 3. The molecule has 0 radical (unpaired) electrons. The minimum absolute atomic E-state index is 0.141. The molecule has 1 atom stereocenters. The van der Waals surface area contributed by atoms with Gasteiger partial charge in [-0.1, -0.05) is 96.0 Å². The molecule has 1 aromatic heterocycles. The summed E-state index contributed by atoms with van der Waals surface area (Å²) in [6.07, 6.45) is 4.16. The van der Waals surface area contributed by atoms with Crippen molar-refractivity contribution in [3.63, 3.8) is 0 Å². The van der Waals surface area contributed by atoms with Crippen LogP contribution in [-0.4, -0.2) is 41.3 Å². The number of para-hydroxylation sites is 2. The smallest absolute Gasteiger partial charge is 0.272 e. The van der Waals surface area contributed by atoms with E-state index in [4.69, 9.17) is 34.8 Å². The van der Waals surface area contributed by atoms with E-state index in [0.717, 1.165) is 71.3 Å². The van der Waals surface area contributed by atoms with E-state index in [9.17, 15) is 9.59 Å². The van der Waals surface area contributed by atoms with Gasteiger partial charge in [-0.3, -0.25) is 9.59 Å². The number of amides is 2. The molecule has 6 rings (SSSR count). The zero-order chi connectivity index (χ0) is 35.4.